The fourth-order valence-electron chi connectivity index (χ4n) is 2.87. The van der Waals surface area contributed by atoms with Gasteiger partial charge in [-0.25, -0.2) is 4.79 Å². The van der Waals surface area contributed by atoms with E-state index < -0.39 is 5.97 Å². The molecule has 0 radical (unpaired) electrons. The highest BCUT2D eigenvalue weighted by Gasteiger charge is 2.36. The summed E-state index contributed by atoms with van der Waals surface area (Å²) in [5, 5.41) is 8.77. The molecule has 1 aliphatic heterocycles. The van der Waals surface area contributed by atoms with E-state index >= 15 is 0 Å². The molecule has 1 atom stereocenters. The van der Waals surface area contributed by atoms with Gasteiger partial charge in [-0.3, -0.25) is 4.79 Å². The first kappa shape index (κ1) is 14.2. The maximum absolute atomic E-state index is 12.4. The Bertz CT molecular complexity index is 342. The molecular formula is C14H24N2O3. The minimum atomic E-state index is -0.830. The maximum atomic E-state index is 12.4. The Morgan fingerprint density at radius 2 is 2.05 bits per heavy atom. The average Bonchev–Trinajstić information content (AvgIpc) is 3.09. The van der Waals surface area contributed by atoms with Gasteiger partial charge >= 0.3 is 12.0 Å². The molecule has 0 aromatic rings. The van der Waals surface area contributed by atoms with Gasteiger partial charge in [-0.2, -0.15) is 0 Å². The average molecular weight is 268 g/mol. The molecule has 2 fully saturated rings. The van der Waals surface area contributed by atoms with Crippen molar-refractivity contribution in [1.82, 2.24) is 9.80 Å². The lowest BCUT2D eigenvalue weighted by atomic mass is 10.0. The zero-order valence-electron chi connectivity index (χ0n) is 11.7. The lowest BCUT2D eigenvalue weighted by Crippen LogP contribution is -2.44. The SMILES string of the molecule is CCCC1CCN(C(=O)N(CCC(=O)O)C2CC2)C1. The van der Waals surface area contributed by atoms with E-state index in [1.54, 1.807) is 4.90 Å². The number of hydrogen-bond donors (Lipinski definition) is 1. The summed E-state index contributed by atoms with van der Waals surface area (Å²) in [6, 6.07) is 0.347. The molecule has 0 spiro atoms. The molecule has 5 heteroatoms. The summed E-state index contributed by atoms with van der Waals surface area (Å²) in [6.45, 7) is 4.21. The van der Waals surface area contributed by atoms with E-state index in [2.05, 4.69) is 6.92 Å². The predicted octanol–water partition coefficient (Wildman–Crippen LogP) is 2.17. The Balaban J connectivity index is 1.87. The molecule has 1 saturated heterocycles. The Morgan fingerprint density at radius 3 is 2.63 bits per heavy atom. The van der Waals surface area contributed by atoms with E-state index in [4.69, 9.17) is 5.11 Å². The van der Waals surface area contributed by atoms with Crippen LogP contribution >= 0.6 is 0 Å². The minimum absolute atomic E-state index is 0.0501. The van der Waals surface area contributed by atoms with Crippen LogP contribution in [0.4, 0.5) is 4.79 Å². The van der Waals surface area contributed by atoms with Crippen molar-refractivity contribution in [3.8, 4) is 0 Å². The van der Waals surface area contributed by atoms with E-state index in [0.29, 0.717) is 12.5 Å². The van der Waals surface area contributed by atoms with Crippen LogP contribution in [0.25, 0.3) is 0 Å². The Hall–Kier alpha value is -1.26. The second-order valence-corrected chi connectivity index (χ2v) is 5.74. The summed E-state index contributed by atoms with van der Waals surface area (Å²) in [7, 11) is 0. The van der Waals surface area contributed by atoms with Gasteiger partial charge in [-0.05, 0) is 31.6 Å². The highest BCUT2D eigenvalue weighted by Crippen LogP contribution is 2.30. The fourth-order valence-corrected chi connectivity index (χ4v) is 2.87. The second-order valence-electron chi connectivity index (χ2n) is 5.74. The number of likely N-dealkylation sites (tertiary alicyclic amines) is 1. The van der Waals surface area contributed by atoms with Crippen LogP contribution in [0.15, 0.2) is 0 Å². The van der Waals surface area contributed by atoms with Crippen molar-refractivity contribution in [3.05, 3.63) is 0 Å². The standard InChI is InChI=1S/C14H24N2O3/c1-2-3-11-6-8-15(10-11)14(19)16(12-4-5-12)9-7-13(17)18/h11-12H,2-10H2,1H3,(H,17,18). The van der Waals surface area contributed by atoms with Gasteiger partial charge in [-0.15, -0.1) is 0 Å². The van der Waals surface area contributed by atoms with Gasteiger partial charge < -0.3 is 14.9 Å². The van der Waals surface area contributed by atoms with Crippen molar-refractivity contribution >= 4 is 12.0 Å². The molecule has 1 N–H and O–H groups in total. The summed E-state index contributed by atoms with van der Waals surface area (Å²) in [5.74, 6) is -0.196. The summed E-state index contributed by atoms with van der Waals surface area (Å²) >= 11 is 0. The molecule has 0 aromatic carbocycles. The van der Waals surface area contributed by atoms with E-state index in [9.17, 15) is 9.59 Å². The van der Waals surface area contributed by atoms with Gasteiger partial charge in [0.25, 0.3) is 0 Å². The topological polar surface area (TPSA) is 60.9 Å². The number of nitrogens with zero attached hydrogens (tertiary/aromatic N) is 2. The van der Waals surface area contributed by atoms with E-state index in [-0.39, 0.29) is 18.5 Å². The lowest BCUT2D eigenvalue weighted by molar-refractivity contribution is -0.137. The van der Waals surface area contributed by atoms with Crippen LogP contribution in [0.3, 0.4) is 0 Å². The van der Waals surface area contributed by atoms with Gasteiger partial charge in [0.15, 0.2) is 0 Å². The normalized spacial score (nSPS) is 22.6. The van der Waals surface area contributed by atoms with Crippen molar-refractivity contribution in [2.24, 2.45) is 5.92 Å². The van der Waals surface area contributed by atoms with Crippen molar-refractivity contribution in [3.63, 3.8) is 0 Å². The Morgan fingerprint density at radius 1 is 1.32 bits per heavy atom. The first-order valence-corrected chi connectivity index (χ1v) is 7.39. The van der Waals surface area contributed by atoms with Crippen molar-refractivity contribution in [2.75, 3.05) is 19.6 Å². The Kier molecular flexibility index (Phi) is 4.66. The quantitative estimate of drug-likeness (QED) is 0.803. The summed E-state index contributed by atoms with van der Waals surface area (Å²) in [6.07, 6.45) is 5.54. The van der Waals surface area contributed by atoms with Gasteiger partial charge in [0.05, 0.1) is 6.42 Å². The van der Waals surface area contributed by atoms with Gasteiger partial charge in [0.1, 0.15) is 0 Å². The van der Waals surface area contributed by atoms with Gasteiger partial charge in [0.2, 0.25) is 0 Å². The van der Waals surface area contributed by atoms with Crippen molar-refractivity contribution in [2.45, 2.75) is 51.5 Å². The summed E-state index contributed by atoms with van der Waals surface area (Å²) in [4.78, 5) is 26.8. The van der Waals surface area contributed by atoms with E-state index in [1.807, 2.05) is 4.90 Å². The molecule has 108 valence electrons. The zero-order valence-corrected chi connectivity index (χ0v) is 11.7. The highest BCUT2D eigenvalue weighted by atomic mass is 16.4. The number of rotatable bonds is 6. The van der Waals surface area contributed by atoms with Crippen molar-refractivity contribution in [1.29, 1.82) is 0 Å². The van der Waals surface area contributed by atoms with Gasteiger partial charge in [0, 0.05) is 25.7 Å². The molecule has 1 saturated carbocycles. The molecule has 1 unspecified atom stereocenters. The third kappa shape index (κ3) is 3.85. The van der Waals surface area contributed by atoms with Crippen LogP contribution in [0.5, 0.6) is 0 Å². The molecule has 19 heavy (non-hydrogen) atoms. The number of carbonyl (C=O) groups excluding carboxylic acids is 1. The third-order valence-electron chi connectivity index (χ3n) is 4.05. The van der Waals surface area contributed by atoms with Crippen LogP contribution in [0.2, 0.25) is 0 Å². The molecule has 1 heterocycles. The zero-order chi connectivity index (χ0) is 13.8. The van der Waals surface area contributed by atoms with E-state index in [0.717, 1.165) is 38.8 Å². The third-order valence-corrected chi connectivity index (χ3v) is 4.05. The first-order chi connectivity index (χ1) is 9.11. The monoisotopic (exact) mass is 268 g/mol. The summed E-state index contributed by atoms with van der Waals surface area (Å²) in [5.41, 5.74) is 0. The highest BCUT2D eigenvalue weighted by molar-refractivity contribution is 5.76. The molecular weight excluding hydrogens is 244 g/mol. The molecule has 5 nitrogen and oxygen atoms in total. The number of urea groups is 1. The van der Waals surface area contributed by atoms with Crippen LogP contribution < -0.4 is 0 Å². The number of aliphatic carboxylic acids is 1. The smallest absolute Gasteiger partial charge is 0.320 e. The first-order valence-electron chi connectivity index (χ1n) is 7.39. The van der Waals surface area contributed by atoms with Crippen LogP contribution in [0.1, 0.15) is 45.4 Å². The number of amides is 2. The number of carbonyl (C=O) groups is 2. The van der Waals surface area contributed by atoms with Crippen LogP contribution in [-0.2, 0) is 4.79 Å². The number of carboxylic acid groups (broad SMARTS) is 1. The summed E-state index contributed by atoms with van der Waals surface area (Å²) < 4.78 is 0. The molecule has 0 aromatic heterocycles. The molecule has 2 aliphatic rings. The Labute approximate surface area is 114 Å². The van der Waals surface area contributed by atoms with E-state index in [1.165, 1.54) is 6.42 Å². The molecule has 1 aliphatic carbocycles. The molecule has 2 rings (SSSR count). The largest absolute Gasteiger partial charge is 0.481 e. The minimum Gasteiger partial charge on any atom is -0.481 e. The van der Waals surface area contributed by atoms with Crippen LogP contribution in [0, 0.1) is 5.92 Å². The second kappa shape index (κ2) is 6.26. The van der Waals surface area contributed by atoms with Gasteiger partial charge in [-0.1, -0.05) is 13.3 Å². The van der Waals surface area contributed by atoms with Crippen molar-refractivity contribution < 1.29 is 14.7 Å². The van der Waals surface area contributed by atoms with Crippen LogP contribution in [-0.4, -0.2) is 52.6 Å². The lowest BCUT2D eigenvalue weighted by Gasteiger charge is -2.27. The number of carboxylic acids is 1. The molecule has 0 bridgehead atoms. The number of hydrogen-bond acceptors (Lipinski definition) is 2. The fraction of sp³-hybridized carbons (Fsp3) is 0.857. The molecule has 2 amide bonds. The maximum Gasteiger partial charge on any atom is 0.320 e. The predicted molar refractivity (Wildman–Crippen MR) is 72.0 cm³/mol.